The lowest BCUT2D eigenvalue weighted by Crippen LogP contribution is -2.13. The Hall–Kier alpha value is -3.33. The van der Waals surface area contributed by atoms with Gasteiger partial charge in [-0.3, -0.25) is 4.79 Å². The molecule has 0 saturated carbocycles. The van der Waals surface area contributed by atoms with Crippen LogP contribution in [-0.4, -0.2) is 20.6 Å². The topological polar surface area (TPSA) is 105 Å². The van der Waals surface area contributed by atoms with Crippen LogP contribution in [0.25, 0.3) is 22.2 Å². The summed E-state index contributed by atoms with van der Waals surface area (Å²) in [7, 11) is 1.75. The molecule has 3 rings (SSSR count). The number of nitrogens with zero attached hydrogens (tertiary/aromatic N) is 3. The number of carbonyl (C=O) groups is 1. The number of aromatic hydroxyl groups is 1. The molecule has 1 aromatic carbocycles. The number of hydrogen-bond acceptors (Lipinski definition) is 4. The zero-order valence-corrected chi connectivity index (χ0v) is 12.7. The number of pyridine rings is 1. The molecule has 6 heteroatoms. The number of primary amides is 1. The highest BCUT2D eigenvalue weighted by molar-refractivity contribution is 6.03. The van der Waals surface area contributed by atoms with E-state index in [0.29, 0.717) is 27.7 Å². The molecule has 0 unspecified atom stereocenters. The highest BCUT2D eigenvalue weighted by Gasteiger charge is 2.19. The summed E-state index contributed by atoms with van der Waals surface area (Å²) in [5.74, 6) is -0.506. The van der Waals surface area contributed by atoms with Crippen LogP contribution in [0.15, 0.2) is 30.5 Å². The predicted molar refractivity (Wildman–Crippen MR) is 85.8 cm³/mol. The number of fused-ring (bicyclic) bond motifs is 1. The molecule has 0 atom stereocenters. The van der Waals surface area contributed by atoms with Gasteiger partial charge in [0.05, 0.1) is 5.56 Å². The molecule has 0 spiro atoms. The van der Waals surface area contributed by atoms with Crippen molar-refractivity contribution in [2.45, 2.75) is 6.92 Å². The summed E-state index contributed by atoms with van der Waals surface area (Å²) < 4.78 is 1.68. The molecular weight excluding hydrogens is 292 g/mol. The summed E-state index contributed by atoms with van der Waals surface area (Å²) in [5.41, 5.74) is 8.47. The maximum Gasteiger partial charge on any atom is 0.267 e. The Balaban J connectivity index is 2.50. The second kappa shape index (κ2) is 5.14. The Kier molecular flexibility index (Phi) is 3.26. The molecule has 0 aliphatic rings. The normalized spacial score (nSPS) is 10.7. The van der Waals surface area contributed by atoms with Gasteiger partial charge in [0.25, 0.3) is 5.91 Å². The minimum absolute atomic E-state index is 0.112. The van der Waals surface area contributed by atoms with Crippen LogP contribution < -0.4 is 5.73 Å². The van der Waals surface area contributed by atoms with Gasteiger partial charge in [-0.2, -0.15) is 5.26 Å². The number of phenolic OH excluding ortho intramolecular Hbond substituents is 1. The Morgan fingerprint density at radius 2 is 2.13 bits per heavy atom. The summed E-state index contributed by atoms with van der Waals surface area (Å²) in [6, 6.07) is 8.83. The van der Waals surface area contributed by atoms with Gasteiger partial charge in [-0.25, -0.2) is 4.98 Å². The molecule has 0 bridgehead atoms. The van der Waals surface area contributed by atoms with E-state index >= 15 is 0 Å². The highest BCUT2D eigenvalue weighted by atomic mass is 16.3. The lowest BCUT2D eigenvalue weighted by Gasteiger charge is -2.11. The summed E-state index contributed by atoms with van der Waals surface area (Å²) in [6.07, 6.45) is 1.66. The summed E-state index contributed by atoms with van der Waals surface area (Å²) >= 11 is 0. The number of aromatic nitrogens is 2. The van der Waals surface area contributed by atoms with E-state index < -0.39 is 5.91 Å². The fraction of sp³-hybridized carbons (Fsp3) is 0.118. The van der Waals surface area contributed by atoms with E-state index in [2.05, 4.69) is 11.1 Å². The largest absolute Gasteiger partial charge is 0.508 e. The van der Waals surface area contributed by atoms with Crippen LogP contribution in [-0.2, 0) is 7.05 Å². The third kappa shape index (κ3) is 2.19. The third-order valence-electron chi connectivity index (χ3n) is 3.89. The first-order chi connectivity index (χ1) is 10.9. The fourth-order valence-corrected chi connectivity index (χ4v) is 2.71. The molecule has 3 aromatic rings. The van der Waals surface area contributed by atoms with Crippen molar-refractivity contribution in [1.82, 2.24) is 9.55 Å². The number of nitriles is 1. The maximum absolute atomic E-state index is 11.6. The molecule has 6 nitrogen and oxygen atoms in total. The third-order valence-corrected chi connectivity index (χ3v) is 3.89. The molecule has 2 aromatic heterocycles. The van der Waals surface area contributed by atoms with Gasteiger partial charge in [0.1, 0.15) is 23.2 Å². The highest BCUT2D eigenvalue weighted by Crippen LogP contribution is 2.36. The lowest BCUT2D eigenvalue weighted by atomic mass is 9.96. The first-order valence-corrected chi connectivity index (χ1v) is 6.93. The van der Waals surface area contributed by atoms with Crippen LogP contribution in [0.5, 0.6) is 5.75 Å². The Morgan fingerprint density at radius 3 is 2.78 bits per heavy atom. The van der Waals surface area contributed by atoms with E-state index in [1.54, 1.807) is 42.9 Å². The summed E-state index contributed by atoms with van der Waals surface area (Å²) in [4.78, 5) is 15.9. The molecule has 2 heterocycles. The van der Waals surface area contributed by atoms with Gasteiger partial charge in [0.15, 0.2) is 0 Å². The molecule has 0 fully saturated rings. The van der Waals surface area contributed by atoms with Crippen molar-refractivity contribution in [1.29, 1.82) is 5.26 Å². The molecule has 114 valence electrons. The standard InChI is InChI=1S/C17H14N4O2/c1-9-11(4-3-5-14(9)22)12-6-13(16(19)23)20-17-15(12)10(7-18)8-21(17)2/h3-6,8,22H,1-2H3,(H2,19,23). The zero-order valence-electron chi connectivity index (χ0n) is 12.7. The average Bonchev–Trinajstić information content (AvgIpc) is 2.86. The monoisotopic (exact) mass is 306 g/mol. The van der Waals surface area contributed by atoms with Crippen LogP contribution in [0.4, 0.5) is 0 Å². The summed E-state index contributed by atoms with van der Waals surface area (Å²) in [6.45, 7) is 1.77. The molecule has 1 amide bonds. The predicted octanol–water partition coefficient (Wildman–Crippen LogP) is 2.22. The number of benzene rings is 1. The van der Waals surface area contributed by atoms with Crippen LogP contribution >= 0.6 is 0 Å². The van der Waals surface area contributed by atoms with Crippen LogP contribution in [0.1, 0.15) is 21.6 Å². The molecular formula is C17H14N4O2. The van der Waals surface area contributed by atoms with Crippen molar-refractivity contribution in [2.24, 2.45) is 12.8 Å². The Morgan fingerprint density at radius 1 is 1.39 bits per heavy atom. The Bertz CT molecular complexity index is 996. The minimum Gasteiger partial charge on any atom is -0.508 e. The number of nitrogens with two attached hydrogens (primary N) is 1. The molecule has 0 aliphatic heterocycles. The van der Waals surface area contributed by atoms with Gasteiger partial charge in [-0.15, -0.1) is 0 Å². The van der Waals surface area contributed by atoms with Crippen molar-refractivity contribution in [3.63, 3.8) is 0 Å². The molecule has 0 aliphatic carbocycles. The van der Waals surface area contributed by atoms with E-state index in [0.717, 1.165) is 5.56 Å². The summed E-state index contributed by atoms with van der Waals surface area (Å²) in [5, 5.41) is 20.0. The molecule has 23 heavy (non-hydrogen) atoms. The minimum atomic E-state index is -0.648. The molecule has 0 radical (unpaired) electrons. The van der Waals surface area contributed by atoms with Crippen molar-refractivity contribution in [2.75, 3.05) is 0 Å². The molecule has 0 saturated heterocycles. The van der Waals surface area contributed by atoms with Gasteiger partial charge in [0, 0.05) is 18.6 Å². The second-order valence-corrected chi connectivity index (χ2v) is 5.33. The fourth-order valence-electron chi connectivity index (χ4n) is 2.71. The number of rotatable bonds is 2. The van der Waals surface area contributed by atoms with Gasteiger partial charge >= 0.3 is 0 Å². The van der Waals surface area contributed by atoms with Gasteiger partial charge < -0.3 is 15.4 Å². The van der Waals surface area contributed by atoms with Gasteiger partial charge in [0.2, 0.25) is 0 Å². The van der Waals surface area contributed by atoms with Crippen LogP contribution in [0.2, 0.25) is 0 Å². The lowest BCUT2D eigenvalue weighted by molar-refractivity contribution is 0.0996. The van der Waals surface area contributed by atoms with Crippen molar-refractivity contribution >= 4 is 16.9 Å². The van der Waals surface area contributed by atoms with Crippen molar-refractivity contribution in [3.8, 4) is 22.9 Å². The van der Waals surface area contributed by atoms with E-state index in [9.17, 15) is 15.2 Å². The van der Waals surface area contributed by atoms with E-state index in [-0.39, 0.29) is 11.4 Å². The Labute approximate surface area is 132 Å². The number of amides is 1. The first-order valence-electron chi connectivity index (χ1n) is 6.93. The van der Waals surface area contributed by atoms with Gasteiger partial charge in [-0.1, -0.05) is 12.1 Å². The zero-order chi connectivity index (χ0) is 16.7. The second-order valence-electron chi connectivity index (χ2n) is 5.33. The smallest absolute Gasteiger partial charge is 0.267 e. The number of aryl methyl sites for hydroxylation is 1. The van der Waals surface area contributed by atoms with E-state index in [4.69, 9.17) is 5.73 Å². The average molecular weight is 306 g/mol. The number of carbonyl (C=O) groups excluding carboxylic acids is 1. The van der Waals surface area contributed by atoms with Crippen molar-refractivity contribution < 1.29 is 9.90 Å². The van der Waals surface area contributed by atoms with Crippen molar-refractivity contribution in [3.05, 3.63) is 47.3 Å². The van der Waals surface area contributed by atoms with E-state index in [1.165, 1.54) is 0 Å². The SMILES string of the molecule is Cc1c(O)cccc1-c1cc(C(N)=O)nc2c1c(C#N)cn2C. The van der Waals surface area contributed by atoms with Crippen LogP contribution in [0.3, 0.4) is 0 Å². The molecule has 3 N–H and O–H groups in total. The quantitative estimate of drug-likeness (QED) is 0.757. The van der Waals surface area contributed by atoms with E-state index in [1.807, 2.05) is 6.07 Å². The number of hydrogen-bond donors (Lipinski definition) is 2. The number of phenols is 1. The van der Waals surface area contributed by atoms with Gasteiger partial charge in [-0.05, 0) is 35.7 Å². The maximum atomic E-state index is 11.6. The first kappa shape index (κ1) is 14.6. The van der Waals surface area contributed by atoms with Crippen LogP contribution in [0, 0.1) is 18.3 Å².